The third kappa shape index (κ3) is 2.48. The lowest BCUT2D eigenvalue weighted by Crippen LogP contribution is -2.11. The maximum Gasteiger partial charge on any atom is 0.234 e. The molecule has 0 saturated heterocycles. The van der Waals surface area contributed by atoms with Gasteiger partial charge in [0, 0.05) is 4.88 Å². The standard InChI is InChI=1S/C14H13NO2S2/c1-17-10-4-2-9(3-5-10)13-14-11(6-7-18-14)15-12(16)8-19-13/h2-7,13H,8H2,1H3,(H,15,16)/t13-/m0/s1. The second-order valence-electron chi connectivity index (χ2n) is 4.21. The highest BCUT2D eigenvalue weighted by Crippen LogP contribution is 2.44. The van der Waals surface area contributed by atoms with Crippen LogP contribution in [-0.2, 0) is 4.79 Å². The van der Waals surface area contributed by atoms with Gasteiger partial charge in [0.1, 0.15) is 5.75 Å². The molecule has 1 aliphatic heterocycles. The Morgan fingerprint density at radius 2 is 2.05 bits per heavy atom. The van der Waals surface area contributed by atoms with Gasteiger partial charge in [0.05, 0.1) is 23.8 Å². The van der Waals surface area contributed by atoms with Crippen LogP contribution < -0.4 is 10.1 Å². The van der Waals surface area contributed by atoms with Crippen molar-refractivity contribution in [2.45, 2.75) is 5.25 Å². The maximum atomic E-state index is 11.7. The van der Waals surface area contributed by atoms with Crippen LogP contribution in [0.1, 0.15) is 15.7 Å². The zero-order valence-electron chi connectivity index (χ0n) is 10.4. The fourth-order valence-electron chi connectivity index (χ4n) is 2.07. The van der Waals surface area contributed by atoms with Crippen LogP contribution in [0.2, 0.25) is 0 Å². The van der Waals surface area contributed by atoms with Crippen LogP contribution in [0.15, 0.2) is 35.7 Å². The van der Waals surface area contributed by atoms with Crippen molar-refractivity contribution in [1.82, 2.24) is 0 Å². The molecule has 2 aromatic rings. The number of hydrogen-bond acceptors (Lipinski definition) is 4. The van der Waals surface area contributed by atoms with Crippen molar-refractivity contribution in [3.8, 4) is 5.75 Å². The molecule has 0 bridgehead atoms. The van der Waals surface area contributed by atoms with E-state index in [0.29, 0.717) is 5.75 Å². The number of rotatable bonds is 2. The summed E-state index contributed by atoms with van der Waals surface area (Å²) in [5.41, 5.74) is 2.15. The van der Waals surface area contributed by atoms with Crippen LogP contribution in [0.4, 0.5) is 5.69 Å². The van der Waals surface area contributed by atoms with Crippen LogP contribution in [0.3, 0.4) is 0 Å². The van der Waals surface area contributed by atoms with Crippen LogP contribution >= 0.6 is 23.1 Å². The molecule has 98 valence electrons. The lowest BCUT2D eigenvalue weighted by Gasteiger charge is -2.14. The zero-order chi connectivity index (χ0) is 13.2. The Kier molecular flexibility index (Phi) is 3.48. The highest BCUT2D eigenvalue weighted by Gasteiger charge is 2.25. The molecule has 3 nitrogen and oxygen atoms in total. The van der Waals surface area contributed by atoms with Gasteiger partial charge in [0.2, 0.25) is 5.91 Å². The Morgan fingerprint density at radius 3 is 2.79 bits per heavy atom. The van der Waals surface area contributed by atoms with E-state index in [-0.39, 0.29) is 11.2 Å². The van der Waals surface area contributed by atoms with E-state index in [1.54, 1.807) is 30.2 Å². The molecule has 19 heavy (non-hydrogen) atoms. The molecular weight excluding hydrogens is 278 g/mol. The van der Waals surface area contributed by atoms with Gasteiger partial charge in [-0.1, -0.05) is 12.1 Å². The summed E-state index contributed by atoms with van der Waals surface area (Å²) in [7, 11) is 1.66. The molecule has 1 N–H and O–H groups in total. The Morgan fingerprint density at radius 1 is 1.26 bits per heavy atom. The number of benzene rings is 1. The second-order valence-corrected chi connectivity index (χ2v) is 6.25. The fourth-order valence-corrected chi connectivity index (χ4v) is 4.32. The first-order valence-electron chi connectivity index (χ1n) is 5.90. The molecule has 0 unspecified atom stereocenters. The molecule has 1 aromatic heterocycles. The van der Waals surface area contributed by atoms with Crippen molar-refractivity contribution in [3.63, 3.8) is 0 Å². The average Bonchev–Trinajstić information content (AvgIpc) is 2.82. The monoisotopic (exact) mass is 291 g/mol. The minimum Gasteiger partial charge on any atom is -0.497 e. The molecule has 0 radical (unpaired) electrons. The van der Waals surface area contributed by atoms with Gasteiger partial charge in [0.25, 0.3) is 0 Å². The summed E-state index contributed by atoms with van der Waals surface area (Å²) in [4.78, 5) is 12.9. The van der Waals surface area contributed by atoms with E-state index in [1.165, 1.54) is 10.4 Å². The van der Waals surface area contributed by atoms with Gasteiger partial charge in [-0.15, -0.1) is 23.1 Å². The van der Waals surface area contributed by atoms with Gasteiger partial charge in [-0.2, -0.15) is 0 Å². The van der Waals surface area contributed by atoms with Gasteiger partial charge in [-0.3, -0.25) is 4.79 Å². The zero-order valence-corrected chi connectivity index (χ0v) is 12.0. The maximum absolute atomic E-state index is 11.7. The third-order valence-corrected chi connectivity index (χ3v) is 5.41. The number of fused-ring (bicyclic) bond motifs is 1. The number of thiophene rings is 1. The molecule has 1 aromatic carbocycles. The van der Waals surface area contributed by atoms with E-state index in [9.17, 15) is 4.79 Å². The van der Waals surface area contributed by atoms with Crippen molar-refractivity contribution in [3.05, 3.63) is 46.2 Å². The van der Waals surface area contributed by atoms with E-state index in [1.807, 2.05) is 23.6 Å². The Hall–Kier alpha value is -1.46. The number of carbonyl (C=O) groups is 1. The molecule has 0 spiro atoms. The number of thioether (sulfide) groups is 1. The van der Waals surface area contributed by atoms with E-state index in [0.717, 1.165) is 11.4 Å². The van der Waals surface area contributed by atoms with Crippen molar-refractivity contribution < 1.29 is 9.53 Å². The topological polar surface area (TPSA) is 38.3 Å². The summed E-state index contributed by atoms with van der Waals surface area (Å²) >= 11 is 3.35. The van der Waals surface area contributed by atoms with Crippen LogP contribution in [0.25, 0.3) is 0 Å². The molecule has 1 amide bonds. The molecule has 0 fully saturated rings. The molecular formula is C14H13NO2S2. The molecule has 5 heteroatoms. The van der Waals surface area contributed by atoms with Crippen molar-refractivity contribution in [2.24, 2.45) is 0 Å². The van der Waals surface area contributed by atoms with Crippen molar-refractivity contribution in [2.75, 3.05) is 18.2 Å². The van der Waals surface area contributed by atoms with Gasteiger partial charge >= 0.3 is 0 Å². The van der Waals surface area contributed by atoms with Crippen molar-refractivity contribution in [1.29, 1.82) is 0 Å². The average molecular weight is 291 g/mol. The summed E-state index contributed by atoms with van der Waals surface area (Å²) in [5.74, 6) is 1.40. The van der Waals surface area contributed by atoms with E-state index in [2.05, 4.69) is 17.4 Å². The fraction of sp³-hybridized carbons (Fsp3) is 0.214. The van der Waals surface area contributed by atoms with Crippen LogP contribution in [-0.4, -0.2) is 18.8 Å². The first-order valence-corrected chi connectivity index (χ1v) is 7.83. The molecule has 0 aliphatic carbocycles. The van der Waals surface area contributed by atoms with E-state index >= 15 is 0 Å². The summed E-state index contributed by atoms with van der Waals surface area (Å²) < 4.78 is 5.18. The largest absolute Gasteiger partial charge is 0.497 e. The van der Waals surface area contributed by atoms with Gasteiger partial charge in [-0.05, 0) is 29.1 Å². The minimum absolute atomic E-state index is 0.0701. The minimum atomic E-state index is 0.0701. The normalized spacial score (nSPS) is 18.4. The Bertz CT molecular complexity index is 592. The lowest BCUT2D eigenvalue weighted by atomic mass is 10.1. The van der Waals surface area contributed by atoms with Gasteiger partial charge < -0.3 is 10.1 Å². The SMILES string of the molecule is COc1ccc([C@@H]2SCC(=O)Nc3ccsc32)cc1. The number of methoxy groups -OCH3 is 1. The number of ether oxygens (including phenoxy) is 1. The second kappa shape index (κ2) is 5.27. The van der Waals surface area contributed by atoms with Crippen LogP contribution in [0.5, 0.6) is 5.75 Å². The van der Waals surface area contributed by atoms with Crippen molar-refractivity contribution >= 4 is 34.7 Å². The Labute approximate surface area is 120 Å². The molecule has 2 heterocycles. The highest BCUT2D eigenvalue weighted by molar-refractivity contribution is 8.00. The molecule has 1 aliphatic rings. The first kappa shape index (κ1) is 12.6. The van der Waals surface area contributed by atoms with E-state index < -0.39 is 0 Å². The quantitative estimate of drug-likeness (QED) is 0.920. The predicted octanol–water partition coefficient (Wildman–Crippen LogP) is 3.53. The number of anilines is 1. The van der Waals surface area contributed by atoms with E-state index in [4.69, 9.17) is 4.74 Å². The molecule has 0 saturated carbocycles. The summed E-state index contributed by atoms with van der Waals surface area (Å²) in [5, 5.41) is 5.18. The smallest absolute Gasteiger partial charge is 0.234 e. The van der Waals surface area contributed by atoms with Crippen LogP contribution in [0, 0.1) is 0 Å². The summed E-state index contributed by atoms with van der Waals surface area (Å²) in [6, 6.07) is 10.0. The lowest BCUT2D eigenvalue weighted by molar-refractivity contribution is -0.113. The highest BCUT2D eigenvalue weighted by atomic mass is 32.2. The summed E-state index contributed by atoms with van der Waals surface area (Å²) in [6.07, 6.45) is 0. The third-order valence-electron chi connectivity index (χ3n) is 3.01. The molecule has 1 atom stereocenters. The van der Waals surface area contributed by atoms with Gasteiger partial charge in [0.15, 0.2) is 0 Å². The van der Waals surface area contributed by atoms with Gasteiger partial charge in [-0.25, -0.2) is 0 Å². The number of nitrogens with one attached hydrogen (secondary N) is 1. The number of amides is 1. The summed E-state index contributed by atoms with van der Waals surface area (Å²) in [6.45, 7) is 0. The number of carbonyl (C=O) groups excluding carboxylic acids is 1. The molecule has 3 rings (SSSR count). The number of hydrogen-bond donors (Lipinski definition) is 1. The predicted molar refractivity (Wildman–Crippen MR) is 80.2 cm³/mol. The Balaban J connectivity index is 1.98. The first-order chi connectivity index (χ1) is 9.28.